The first-order valence-corrected chi connectivity index (χ1v) is 10.9. The molecule has 0 fully saturated rings. The lowest BCUT2D eigenvalue weighted by Crippen LogP contribution is -2.44. The second-order valence-electron chi connectivity index (χ2n) is 7.81. The molecule has 0 spiro atoms. The summed E-state index contributed by atoms with van der Waals surface area (Å²) in [5.74, 6) is 4.55. The summed E-state index contributed by atoms with van der Waals surface area (Å²) in [4.78, 5) is 7.22. The fourth-order valence-corrected chi connectivity index (χ4v) is 4.30. The first-order chi connectivity index (χ1) is 14.7. The third kappa shape index (κ3) is 5.24. The van der Waals surface area contributed by atoms with Crippen LogP contribution in [0.3, 0.4) is 0 Å². The van der Waals surface area contributed by atoms with Gasteiger partial charge in [-0.15, -0.1) is 34.2 Å². The van der Waals surface area contributed by atoms with Crippen LogP contribution in [0, 0.1) is 0 Å². The molecular formula is C22H33IN6O2. The van der Waals surface area contributed by atoms with Crippen molar-refractivity contribution in [3.8, 4) is 11.5 Å². The van der Waals surface area contributed by atoms with Crippen LogP contribution < -0.4 is 14.8 Å². The van der Waals surface area contributed by atoms with E-state index in [0.29, 0.717) is 6.54 Å². The summed E-state index contributed by atoms with van der Waals surface area (Å²) >= 11 is 0. The minimum atomic E-state index is 0. The van der Waals surface area contributed by atoms with Crippen LogP contribution in [0.4, 0.5) is 0 Å². The summed E-state index contributed by atoms with van der Waals surface area (Å²) in [6.45, 7) is 6.18. The Morgan fingerprint density at radius 3 is 2.55 bits per heavy atom. The smallest absolute Gasteiger partial charge is 0.194 e. The zero-order valence-electron chi connectivity index (χ0n) is 18.7. The van der Waals surface area contributed by atoms with E-state index in [1.54, 1.807) is 14.2 Å². The van der Waals surface area contributed by atoms with E-state index in [1.807, 2.05) is 0 Å². The Balaban J connectivity index is 0.00000272. The normalized spacial score (nSPS) is 16.0. The highest BCUT2D eigenvalue weighted by atomic mass is 127. The molecule has 1 aromatic carbocycles. The largest absolute Gasteiger partial charge is 0.493 e. The topological polar surface area (TPSA) is 76.8 Å². The minimum Gasteiger partial charge on any atom is -0.493 e. The first-order valence-electron chi connectivity index (χ1n) is 10.9. The predicted molar refractivity (Wildman–Crippen MR) is 131 cm³/mol. The van der Waals surface area contributed by atoms with Gasteiger partial charge in [-0.05, 0) is 49.4 Å². The summed E-state index contributed by atoms with van der Waals surface area (Å²) in [7, 11) is 3.36. The van der Waals surface area contributed by atoms with Crippen LogP contribution in [0.2, 0.25) is 0 Å². The third-order valence-corrected chi connectivity index (χ3v) is 5.91. The number of rotatable bonds is 5. The third-order valence-electron chi connectivity index (χ3n) is 5.91. The van der Waals surface area contributed by atoms with Crippen molar-refractivity contribution in [3.63, 3.8) is 0 Å². The number of benzene rings is 1. The Kier molecular flexibility index (Phi) is 8.39. The molecule has 31 heavy (non-hydrogen) atoms. The Bertz CT molecular complexity index is 914. The Morgan fingerprint density at radius 1 is 1.03 bits per heavy atom. The molecule has 1 N–H and O–H groups in total. The highest BCUT2D eigenvalue weighted by molar-refractivity contribution is 14.0. The number of aryl methyl sites for hydroxylation is 1. The van der Waals surface area contributed by atoms with Crippen molar-refractivity contribution in [2.45, 2.75) is 58.7 Å². The van der Waals surface area contributed by atoms with Crippen molar-refractivity contribution >= 4 is 29.9 Å². The lowest BCUT2D eigenvalue weighted by molar-refractivity contribution is 0.346. The average molecular weight is 540 g/mol. The van der Waals surface area contributed by atoms with Crippen molar-refractivity contribution < 1.29 is 9.47 Å². The average Bonchev–Trinajstić information content (AvgIpc) is 3.00. The number of methoxy groups -OCH3 is 2. The molecule has 0 aliphatic carbocycles. The molecular weight excluding hydrogens is 507 g/mol. The van der Waals surface area contributed by atoms with Crippen molar-refractivity contribution in [2.24, 2.45) is 4.99 Å². The van der Waals surface area contributed by atoms with Gasteiger partial charge in [-0.25, -0.2) is 4.99 Å². The molecule has 0 radical (unpaired) electrons. The van der Waals surface area contributed by atoms with E-state index in [2.05, 4.69) is 44.0 Å². The summed E-state index contributed by atoms with van der Waals surface area (Å²) in [5, 5.41) is 12.3. The Labute approximate surface area is 201 Å². The second kappa shape index (κ2) is 11.0. The lowest BCUT2D eigenvalue weighted by Gasteiger charge is -2.32. The van der Waals surface area contributed by atoms with Gasteiger partial charge in [-0.3, -0.25) is 0 Å². The van der Waals surface area contributed by atoms with E-state index < -0.39 is 0 Å². The van der Waals surface area contributed by atoms with Crippen LogP contribution >= 0.6 is 24.0 Å². The van der Waals surface area contributed by atoms with E-state index in [4.69, 9.17) is 14.5 Å². The fraction of sp³-hybridized carbons (Fsp3) is 0.591. The van der Waals surface area contributed by atoms with Gasteiger partial charge in [0.05, 0.1) is 14.2 Å². The van der Waals surface area contributed by atoms with Gasteiger partial charge in [0.1, 0.15) is 12.4 Å². The van der Waals surface area contributed by atoms with Gasteiger partial charge in [-0.1, -0.05) is 6.42 Å². The van der Waals surface area contributed by atoms with Gasteiger partial charge in [0.15, 0.2) is 23.3 Å². The van der Waals surface area contributed by atoms with Gasteiger partial charge in [-0.2, -0.15) is 0 Å². The van der Waals surface area contributed by atoms with E-state index in [9.17, 15) is 0 Å². The predicted octanol–water partition coefficient (Wildman–Crippen LogP) is 3.16. The zero-order valence-corrected chi connectivity index (χ0v) is 21.0. The Hall–Kier alpha value is -2.04. The second-order valence-corrected chi connectivity index (χ2v) is 7.81. The number of nitrogens with zero attached hydrogens (tertiary/aromatic N) is 5. The van der Waals surface area contributed by atoms with Gasteiger partial charge >= 0.3 is 0 Å². The van der Waals surface area contributed by atoms with E-state index >= 15 is 0 Å². The van der Waals surface area contributed by atoms with Crippen molar-refractivity contribution in [2.75, 3.05) is 27.3 Å². The van der Waals surface area contributed by atoms with Gasteiger partial charge in [0, 0.05) is 32.6 Å². The number of fused-ring (bicyclic) bond motifs is 2. The van der Waals surface area contributed by atoms with E-state index in [-0.39, 0.29) is 24.0 Å². The number of aromatic nitrogens is 3. The van der Waals surface area contributed by atoms with Gasteiger partial charge in [0.25, 0.3) is 0 Å². The Morgan fingerprint density at radius 2 is 1.81 bits per heavy atom. The van der Waals surface area contributed by atoms with Crippen LogP contribution in [0.1, 0.15) is 49.0 Å². The molecule has 0 bridgehead atoms. The van der Waals surface area contributed by atoms with Crippen molar-refractivity contribution in [1.29, 1.82) is 0 Å². The van der Waals surface area contributed by atoms with Crippen LogP contribution in [-0.2, 0) is 32.5 Å². The minimum absolute atomic E-state index is 0. The molecule has 3 heterocycles. The molecule has 0 unspecified atom stereocenters. The highest BCUT2D eigenvalue weighted by Crippen LogP contribution is 2.33. The quantitative estimate of drug-likeness (QED) is 0.357. The number of aliphatic imine (C=N–C) groups is 1. The maximum atomic E-state index is 5.50. The first kappa shape index (κ1) is 23.6. The van der Waals surface area contributed by atoms with Gasteiger partial charge < -0.3 is 24.3 Å². The summed E-state index contributed by atoms with van der Waals surface area (Å²) in [6, 6.07) is 4.18. The molecule has 2 aromatic rings. The SMILES string of the molecule is CCNC(=NCc1nnc2n1CCCCC2)N1CCc2cc(OC)c(OC)cc2C1.I. The number of guanidine groups is 1. The van der Waals surface area contributed by atoms with E-state index in [0.717, 1.165) is 68.1 Å². The highest BCUT2D eigenvalue weighted by Gasteiger charge is 2.22. The molecule has 170 valence electrons. The maximum Gasteiger partial charge on any atom is 0.194 e. The number of nitrogens with one attached hydrogen (secondary N) is 1. The number of ether oxygens (including phenoxy) is 2. The van der Waals surface area contributed by atoms with Crippen molar-refractivity contribution in [1.82, 2.24) is 25.0 Å². The molecule has 0 saturated carbocycles. The molecule has 2 aliphatic rings. The fourth-order valence-electron chi connectivity index (χ4n) is 4.30. The summed E-state index contributed by atoms with van der Waals surface area (Å²) < 4.78 is 13.2. The van der Waals surface area contributed by atoms with Crippen molar-refractivity contribution in [3.05, 3.63) is 34.9 Å². The molecule has 4 rings (SSSR count). The van der Waals surface area contributed by atoms with E-state index in [1.165, 1.54) is 30.4 Å². The number of hydrogen-bond acceptors (Lipinski definition) is 5. The molecule has 0 saturated heterocycles. The molecule has 0 atom stereocenters. The lowest BCUT2D eigenvalue weighted by atomic mass is 9.99. The molecule has 2 aliphatic heterocycles. The molecule has 8 nitrogen and oxygen atoms in total. The maximum absolute atomic E-state index is 5.50. The van der Waals surface area contributed by atoms with Crippen LogP contribution in [0.15, 0.2) is 17.1 Å². The number of halogens is 1. The zero-order chi connectivity index (χ0) is 20.9. The monoisotopic (exact) mass is 540 g/mol. The van der Waals surface area contributed by atoms with Gasteiger partial charge in [0.2, 0.25) is 0 Å². The molecule has 1 aromatic heterocycles. The molecule has 0 amide bonds. The number of hydrogen-bond donors (Lipinski definition) is 1. The molecule has 9 heteroatoms. The van der Waals surface area contributed by atoms with Crippen LogP contribution in [0.25, 0.3) is 0 Å². The van der Waals surface area contributed by atoms with Crippen LogP contribution in [-0.4, -0.2) is 52.9 Å². The van der Waals surface area contributed by atoms with Crippen LogP contribution in [0.5, 0.6) is 11.5 Å². The summed E-state index contributed by atoms with van der Waals surface area (Å²) in [5.41, 5.74) is 2.56. The standard InChI is InChI=1S/C22H32N6O2.HI/c1-4-23-22(24-14-21-26-25-20-8-6-5-7-10-28(20)21)27-11-9-16-12-18(29-2)19(30-3)13-17(16)15-27;/h12-13H,4-11,14-15H2,1-3H3,(H,23,24);1H. The summed E-state index contributed by atoms with van der Waals surface area (Å²) in [6.07, 6.45) is 5.61.